The molecule has 1 aliphatic rings. The average Bonchev–Trinajstić information content (AvgIpc) is 3.64. The van der Waals surface area contributed by atoms with Crippen LogP contribution in [0, 0.1) is 0 Å². The number of hydrogen-bond donors (Lipinski definition) is 0. The van der Waals surface area contributed by atoms with E-state index in [9.17, 15) is 13.8 Å². The number of piperidine rings is 1. The highest BCUT2D eigenvalue weighted by Crippen LogP contribution is 2.34. The molecule has 38 heavy (non-hydrogen) atoms. The topological polar surface area (TPSA) is 103 Å². The molecule has 0 saturated carbocycles. The summed E-state index contributed by atoms with van der Waals surface area (Å²) < 4.78 is 23.1. The summed E-state index contributed by atoms with van der Waals surface area (Å²) in [7, 11) is -1.23. The Kier molecular flexibility index (Phi) is 8.09. The maximum absolute atomic E-state index is 13.4. The van der Waals surface area contributed by atoms with Crippen LogP contribution in [0.3, 0.4) is 0 Å². The van der Waals surface area contributed by atoms with Crippen LogP contribution in [0.2, 0.25) is 0 Å². The van der Waals surface area contributed by atoms with E-state index in [2.05, 4.69) is 5.16 Å². The smallest absolute Gasteiger partial charge is 0.360 e. The molecule has 8 nitrogen and oxygen atoms in total. The molecule has 3 heterocycles. The molecule has 1 amide bonds. The number of benzene rings is 2. The van der Waals surface area contributed by atoms with Crippen LogP contribution in [-0.2, 0) is 21.3 Å². The standard InChI is InChI=1S/C28H27N3O5S2/c1-2-35-28(33)23-16-25(36-30-23)24-17-37-26(29-24)19-12-14-31(15-13-19)27(32)22-11-7-6-8-20(22)18-38(34)21-9-4-3-5-10-21/h3-11,16-17,19H,2,12-15,18H2,1H3. The van der Waals surface area contributed by atoms with Crippen molar-refractivity contribution < 1.29 is 23.1 Å². The summed E-state index contributed by atoms with van der Waals surface area (Å²) in [5, 5.41) is 6.65. The molecule has 2 aromatic carbocycles. The largest absolute Gasteiger partial charge is 0.461 e. The van der Waals surface area contributed by atoms with E-state index in [-0.39, 0.29) is 24.1 Å². The number of rotatable bonds is 8. The van der Waals surface area contributed by atoms with Crippen LogP contribution in [0.25, 0.3) is 11.5 Å². The number of carbonyl (C=O) groups excluding carboxylic acids is 2. The lowest BCUT2D eigenvalue weighted by Gasteiger charge is -2.31. The second-order valence-electron chi connectivity index (χ2n) is 8.89. The first kappa shape index (κ1) is 26.0. The van der Waals surface area contributed by atoms with Crippen molar-refractivity contribution in [2.24, 2.45) is 0 Å². The third-order valence-corrected chi connectivity index (χ3v) is 8.82. The van der Waals surface area contributed by atoms with E-state index in [1.54, 1.807) is 13.0 Å². The lowest BCUT2D eigenvalue weighted by Crippen LogP contribution is -2.38. The van der Waals surface area contributed by atoms with Gasteiger partial charge in [0, 0.05) is 40.9 Å². The molecule has 1 unspecified atom stereocenters. The number of ether oxygens (including phenoxy) is 1. The summed E-state index contributed by atoms with van der Waals surface area (Å²) >= 11 is 1.54. The number of esters is 1. The van der Waals surface area contributed by atoms with Crippen molar-refractivity contribution in [1.82, 2.24) is 15.0 Å². The highest BCUT2D eigenvalue weighted by molar-refractivity contribution is 7.84. The lowest BCUT2D eigenvalue weighted by molar-refractivity contribution is 0.0514. The number of hydrogen-bond acceptors (Lipinski definition) is 8. The Bertz CT molecular complexity index is 1440. The average molecular weight is 550 g/mol. The highest BCUT2D eigenvalue weighted by Gasteiger charge is 2.28. The van der Waals surface area contributed by atoms with E-state index in [1.165, 1.54) is 11.3 Å². The van der Waals surface area contributed by atoms with Crippen LogP contribution < -0.4 is 0 Å². The van der Waals surface area contributed by atoms with Gasteiger partial charge < -0.3 is 14.2 Å². The van der Waals surface area contributed by atoms with Crippen molar-refractivity contribution in [2.75, 3.05) is 19.7 Å². The van der Waals surface area contributed by atoms with Gasteiger partial charge in [-0.2, -0.15) is 0 Å². The van der Waals surface area contributed by atoms with Crippen molar-refractivity contribution in [1.29, 1.82) is 0 Å². The van der Waals surface area contributed by atoms with Crippen molar-refractivity contribution in [3.8, 4) is 11.5 Å². The third kappa shape index (κ3) is 5.76. The van der Waals surface area contributed by atoms with Crippen LogP contribution in [0.1, 0.15) is 57.1 Å². The second-order valence-corrected chi connectivity index (χ2v) is 11.2. The molecule has 0 radical (unpaired) electrons. The molecule has 4 aromatic rings. The number of carbonyl (C=O) groups is 2. The zero-order chi connectivity index (χ0) is 26.5. The quantitative estimate of drug-likeness (QED) is 0.275. The molecular weight excluding hydrogens is 522 g/mol. The molecule has 196 valence electrons. The third-order valence-electron chi connectivity index (χ3n) is 6.44. The van der Waals surface area contributed by atoms with Crippen LogP contribution in [0.4, 0.5) is 0 Å². The Hall–Kier alpha value is -3.63. The molecule has 0 bridgehead atoms. The van der Waals surface area contributed by atoms with Crippen LogP contribution in [0.5, 0.6) is 0 Å². The summed E-state index contributed by atoms with van der Waals surface area (Å²) in [4.78, 5) is 32.6. The molecular formula is C28H27N3O5S2. The minimum Gasteiger partial charge on any atom is -0.461 e. The van der Waals surface area contributed by atoms with Crippen LogP contribution in [0.15, 0.2) is 75.5 Å². The van der Waals surface area contributed by atoms with Gasteiger partial charge >= 0.3 is 5.97 Å². The Morgan fingerprint density at radius 1 is 1.11 bits per heavy atom. The van der Waals surface area contributed by atoms with E-state index in [1.807, 2.05) is 64.9 Å². The molecule has 0 N–H and O–H groups in total. The first-order chi connectivity index (χ1) is 18.5. The number of aromatic nitrogens is 2. The highest BCUT2D eigenvalue weighted by atomic mass is 32.2. The van der Waals surface area contributed by atoms with E-state index in [4.69, 9.17) is 14.2 Å². The first-order valence-corrected chi connectivity index (χ1v) is 14.6. The molecule has 1 fully saturated rings. The van der Waals surface area contributed by atoms with Gasteiger partial charge in [-0.15, -0.1) is 11.3 Å². The molecule has 1 atom stereocenters. The van der Waals surface area contributed by atoms with E-state index >= 15 is 0 Å². The van der Waals surface area contributed by atoms with Gasteiger partial charge in [0.25, 0.3) is 5.91 Å². The summed E-state index contributed by atoms with van der Waals surface area (Å²) in [6.07, 6.45) is 1.59. The molecule has 1 saturated heterocycles. The fourth-order valence-corrected chi connectivity index (χ4v) is 6.58. The fourth-order valence-electron chi connectivity index (χ4n) is 4.44. The molecule has 1 aliphatic heterocycles. The van der Waals surface area contributed by atoms with Gasteiger partial charge in [0.2, 0.25) is 0 Å². The molecule has 5 rings (SSSR count). The van der Waals surface area contributed by atoms with Crippen molar-refractivity contribution >= 4 is 34.0 Å². The van der Waals surface area contributed by atoms with Gasteiger partial charge in [-0.1, -0.05) is 41.6 Å². The van der Waals surface area contributed by atoms with Crippen molar-refractivity contribution in [3.63, 3.8) is 0 Å². The molecule has 0 aliphatic carbocycles. The Labute approximate surface area is 227 Å². The predicted molar refractivity (Wildman–Crippen MR) is 144 cm³/mol. The number of thiazole rings is 1. The maximum atomic E-state index is 13.4. The van der Waals surface area contributed by atoms with Crippen molar-refractivity contribution in [3.05, 3.63) is 87.9 Å². The minimum atomic E-state index is -1.23. The first-order valence-electron chi connectivity index (χ1n) is 12.4. The molecule has 10 heteroatoms. The summed E-state index contributed by atoms with van der Waals surface area (Å²) in [5.74, 6) is 0.391. The van der Waals surface area contributed by atoms with E-state index in [0.29, 0.717) is 35.9 Å². The van der Waals surface area contributed by atoms with E-state index in [0.717, 1.165) is 28.3 Å². The second kappa shape index (κ2) is 11.8. The number of nitrogens with zero attached hydrogens (tertiary/aromatic N) is 3. The zero-order valence-electron chi connectivity index (χ0n) is 20.9. The van der Waals surface area contributed by atoms with E-state index < -0.39 is 16.8 Å². The zero-order valence-corrected chi connectivity index (χ0v) is 22.5. The number of amides is 1. The Balaban J connectivity index is 1.22. The van der Waals surface area contributed by atoms with Gasteiger partial charge in [0.05, 0.1) is 28.2 Å². The lowest BCUT2D eigenvalue weighted by atomic mass is 9.96. The van der Waals surface area contributed by atoms with Crippen LogP contribution in [-0.4, -0.2) is 50.8 Å². The Morgan fingerprint density at radius 3 is 2.61 bits per heavy atom. The monoisotopic (exact) mass is 549 g/mol. The van der Waals surface area contributed by atoms with Gasteiger partial charge in [-0.25, -0.2) is 9.78 Å². The predicted octanol–water partition coefficient (Wildman–Crippen LogP) is 5.30. The van der Waals surface area contributed by atoms with Crippen molar-refractivity contribution in [2.45, 2.75) is 36.3 Å². The van der Waals surface area contributed by atoms with Gasteiger partial charge in [-0.05, 0) is 43.5 Å². The van der Waals surface area contributed by atoms with Gasteiger partial charge in [0.15, 0.2) is 11.5 Å². The SMILES string of the molecule is CCOC(=O)c1cc(-c2csc(C3CCN(C(=O)c4ccccc4CS(=O)c4ccccc4)CC3)n2)on1. The summed E-state index contributed by atoms with van der Waals surface area (Å²) in [6.45, 7) is 3.23. The fraction of sp³-hybridized carbons (Fsp3) is 0.286. The van der Waals surface area contributed by atoms with Gasteiger partial charge in [-0.3, -0.25) is 9.00 Å². The normalized spacial score (nSPS) is 14.8. The minimum absolute atomic E-state index is 0.0305. The van der Waals surface area contributed by atoms with Gasteiger partial charge in [0.1, 0.15) is 5.69 Å². The summed E-state index contributed by atoms with van der Waals surface area (Å²) in [6, 6.07) is 18.3. The molecule has 2 aromatic heterocycles. The summed E-state index contributed by atoms with van der Waals surface area (Å²) in [5.41, 5.74) is 2.15. The number of likely N-dealkylation sites (tertiary alicyclic amines) is 1. The molecule has 0 spiro atoms. The van der Waals surface area contributed by atoms with Crippen LogP contribution >= 0.6 is 11.3 Å². The Morgan fingerprint density at radius 2 is 1.84 bits per heavy atom. The maximum Gasteiger partial charge on any atom is 0.360 e.